The van der Waals surface area contributed by atoms with Gasteiger partial charge in [-0.25, -0.2) is 0 Å². The molecule has 0 radical (unpaired) electrons. The summed E-state index contributed by atoms with van der Waals surface area (Å²) in [5.74, 6) is -0.190. The van der Waals surface area contributed by atoms with Crippen molar-refractivity contribution in [2.45, 2.75) is 373 Å². The fourth-order valence-electron chi connectivity index (χ4n) is 10.7. The summed E-state index contributed by atoms with van der Waals surface area (Å²) < 4.78 is 23.4. The second-order valence-electron chi connectivity index (χ2n) is 25.2. The van der Waals surface area contributed by atoms with E-state index in [9.17, 15) is 19.4 Å². The Balaban J connectivity index is 3.83. The molecule has 0 aliphatic rings. The van der Waals surface area contributed by atoms with E-state index in [0.717, 1.165) is 38.5 Å². The van der Waals surface area contributed by atoms with Crippen molar-refractivity contribution in [2.24, 2.45) is 0 Å². The number of phosphoric acid groups is 1. The van der Waals surface area contributed by atoms with E-state index in [-0.39, 0.29) is 19.1 Å². The predicted octanol–water partition coefficient (Wildman–Crippen LogP) is 21.3. The highest BCUT2D eigenvalue weighted by molar-refractivity contribution is 7.45. The van der Waals surface area contributed by atoms with Crippen molar-refractivity contribution in [1.82, 2.24) is 5.32 Å². The van der Waals surface area contributed by atoms with E-state index in [1.165, 1.54) is 302 Å². The molecule has 0 saturated heterocycles. The Morgan fingerprint density at radius 2 is 0.705 bits per heavy atom. The zero-order valence-electron chi connectivity index (χ0n) is 53.2. The maximum atomic E-state index is 13.0. The standard InChI is InChI=1S/C69H137N2O6P/c1-6-8-10-12-14-16-18-20-22-23-24-25-26-27-28-29-30-31-32-33-34-35-36-37-38-39-40-41-42-43-44-45-46-47-49-51-53-55-57-59-61-63-69(73)70-67(66-77-78(74,75)76-65-64-71(3,4)5)68(72)62-60-58-56-54-52-50-48-21-19-17-15-13-11-9-7-2/h23-24,60,62,67-68,72H,6-22,25-59,61,63-66H2,1-5H3,(H-,70,73,74,75)/b24-23-,62-60+. The molecule has 3 atom stereocenters. The van der Waals surface area contributed by atoms with Crippen molar-refractivity contribution < 1.29 is 32.9 Å². The lowest BCUT2D eigenvalue weighted by Crippen LogP contribution is -2.45. The predicted molar refractivity (Wildman–Crippen MR) is 339 cm³/mol. The lowest BCUT2D eigenvalue weighted by molar-refractivity contribution is -0.870. The molecule has 2 N–H and O–H groups in total. The minimum atomic E-state index is -4.59. The fourth-order valence-corrected chi connectivity index (χ4v) is 11.5. The normalized spacial score (nSPS) is 13.8. The molecular formula is C69H137N2O6P. The summed E-state index contributed by atoms with van der Waals surface area (Å²) in [4.78, 5) is 25.5. The number of quaternary nitrogens is 1. The van der Waals surface area contributed by atoms with Crippen LogP contribution in [0.25, 0.3) is 0 Å². The number of likely N-dealkylation sites (N-methyl/N-ethyl adjacent to an activating group) is 1. The molecule has 0 aliphatic carbocycles. The molecule has 0 rings (SSSR count). The van der Waals surface area contributed by atoms with Crippen LogP contribution in [0, 0.1) is 0 Å². The van der Waals surface area contributed by atoms with Gasteiger partial charge in [-0.1, -0.05) is 334 Å². The zero-order chi connectivity index (χ0) is 57.0. The molecule has 0 aromatic heterocycles. The molecule has 0 heterocycles. The molecule has 0 aromatic rings. The molecule has 0 aromatic carbocycles. The van der Waals surface area contributed by atoms with Gasteiger partial charge < -0.3 is 28.8 Å². The Labute approximate surface area is 487 Å². The lowest BCUT2D eigenvalue weighted by Gasteiger charge is -2.29. The van der Waals surface area contributed by atoms with Gasteiger partial charge in [0.2, 0.25) is 5.91 Å². The van der Waals surface area contributed by atoms with Crippen LogP contribution in [0.5, 0.6) is 0 Å². The smallest absolute Gasteiger partial charge is 0.268 e. The van der Waals surface area contributed by atoms with E-state index >= 15 is 0 Å². The average molecular weight is 1120 g/mol. The number of hydrogen-bond acceptors (Lipinski definition) is 6. The number of amides is 1. The van der Waals surface area contributed by atoms with E-state index in [4.69, 9.17) is 9.05 Å². The van der Waals surface area contributed by atoms with Crippen LogP contribution >= 0.6 is 7.82 Å². The molecule has 1 amide bonds. The summed E-state index contributed by atoms with van der Waals surface area (Å²) in [6.45, 7) is 4.69. The number of rotatable bonds is 65. The first-order valence-electron chi connectivity index (χ1n) is 34.7. The fraction of sp³-hybridized carbons (Fsp3) is 0.928. The minimum Gasteiger partial charge on any atom is -0.756 e. The number of nitrogens with zero attached hydrogens (tertiary/aromatic N) is 1. The van der Waals surface area contributed by atoms with Crippen LogP contribution in [0.1, 0.15) is 361 Å². The van der Waals surface area contributed by atoms with Crippen molar-refractivity contribution in [3.05, 3.63) is 24.3 Å². The number of allylic oxidation sites excluding steroid dienone is 3. The summed E-state index contributed by atoms with van der Waals surface area (Å²) in [6, 6.07) is -0.883. The van der Waals surface area contributed by atoms with E-state index in [2.05, 4.69) is 31.3 Å². The number of phosphoric ester groups is 1. The van der Waals surface area contributed by atoms with E-state index in [1.54, 1.807) is 6.08 Å². The van der Waals surface area contributed by atoms with Crippen LogP contribution in [0.4, 0.5) is 0 Å². The Hall–Kier alpha value is -1.02. The molecule has 0 aliphatic heterocycles. The number of unbranched alkanes of at least 4 members (excludes halogenated alkanes) is 50. The van der Waals surface area contributed by atoms with Crippen molar-refractivity contribution >= 4 is 13.7 Å². The molecule has 0 bridgehead atoms. The summed E-state index contributed by atoms with van der Waals surface area (Å²) in [7, 11) is 1.28. The number of hydrogen-bond donors (Lipinski definition) is 2. The third-order valence-corrected chi connectivity index (χ3v) is 17.1. The van der Waals surface area contributed by atoms with Crippen molar-refractivity contribution in [3.63, 3.8) is 0 Å². The molecule has 8 nitrogen and oxygen atoms in total. The van der Waals surface area contributed by atoms with Gasteiger partial charge in [0.1, 0.15) is 13.2 Å². The SMILES string of the molecule is CCCCCCCCCC/C=C\CCCCCCCCCCCCCCCCCCCCCCCCCCCCCCCC(=O)NC(COP(=O)([O-])OCC[N+](C)(C)C)C(O)/C=C/CCCCCCCCCCCCCCC. The maximum absolute atomic E-state index is 13.0. The molecule has 0 fully saturated rings. The van der Waals surface area contributed by atoms with Crippen LogP contribution in [0.2, 0.25) is 0 Å². The van der Waals surface area contributed by atoms with E-state index in [1.807, 2.05) is 27.2 Å². The van der Waals surface area contributed by atoms with Crippen molar-refractivity contribution in [1.29, 1.82) is 0 Å². The summed E-state index contributed by atoms with van der Waals surface area (Å²) in [5.41, 5.74) is 0. The molecule has 0 spiro atoms. The quantitative estimate of drug-likeness (QED) is 0.0272. The van der Waals surface area contributed by atoms with Gasteiger partial charge in [0.25, 0.3) is 7.82 Å². The van der Waals surface area contributed by atoms with Crippen LogP contribution in [0.15, 0.2) is 24.3 Å². The molecule has 464 valence electrons. The Morgan fingerprint density at radius 3 is 1.00 bits per heavy atom. The monoisotopic (exact) mass is 1120 g/mol. The number of aliphatic hydroxyl groups is 1. The van der Waals surface area contributed by atoms with Gasteiger partial charge >= 0.3 is 0 Å². The molecule has 9 heteroatoms. The van der Waals surface area contributed by atoms with E-state index < -0.39 is 20.0 Å². The topological polar surface area (TPSA) is 108 Å². The first-order valence-corrected chi connectivity index (χ1v) is 36.2. The summed E-state index contributed by atoms with van der Waals surface area (Å²) in [6.07, 6.45) is 78.9. The Morgan fingerprint density at radius 1 is 0.436 bits per heavy atom. The summed E-state index contributed by atoms with van der Waals surface area (Å²) >= 11 is 0. The van der Waals surface area contributed by atoms with Gasteiger partial charge in [0, 0.05) is 6.42 Å². The van der Waals surface area contributed by atoms with Crippen molar-refractivity contribution in [2.75, 3.05) is 40.9 Å². The number of carbonyl (C=O) groups is 1. The van der Waals surface area contributed by atoms with E-state index in [0.29, 0.717) is 17.4 Å². The highest BCUT2D eigenvalue weighted by Crippen LogP contribution is 2.38. The first kappa shape index (κ1) is 77.0. The lowest BCUT2D eigenvalue weighted by atomic mass is 10.0. The Bertz CT molecular complexity index is 1320. The molecule has 78 heavy (non-hydrogen) atoms. The van der Waals surface area contributed by atoms with Gasteiger partial charge in [0.15, 0.2) is 0 Å². The van der Waals surface area contributed by atoms with Gasteiger partial charge in [0.05, 0.1) is 39.9 Å². The van der Waals surface area contributed by atoms with Crippen LogP contribution < -0.4 is 10.2 Å². The second-order valence-corrected chi connectivity index (χ2v) is 26.7. The second kappa shape index (κ2) is 60.6. The average Bonchev–Trinajstić information content (AvgIpc) is 3.41. The van der Waals surface area contributed by atoms with Crippen LogP contribution in [-0.2, 0) is 18.4 Å². The highest BCUT2D eigenvalue weighted by Gasteiger charge is 2.23. The zero-order valence-corrected chi connectivity index (χ0v) is 54.0. The van der Waals surface area contributed by atoms with Gasteiger partial charge in [-0.05, 0) is 44.9 Å². The van der Waals surface area contributed by atoms with Crippen LogP contribution in [-0.4, -0.2) is 68.5 Å². The van der Waals surface area contributed by atoms with Crippen LogP contribution in [0.3, 0.4) is 0 Å². The molecule has 0 saturated carbocycles. The molecular weight excluding hydrogens is 984 g/mol. The van der Waals surface area contributed by atoms with Crippen molar-refractivity contribution in [3.8, 4) is 0 Å². The third kappa shape index (κ3) is 62.6. The largest absolute Gasteiger partial charge is 0.756 e. The number of carbonyl (C=O) groups excluding carboxylic acids is 1. The first-order chi connectivity index (χ1) is 38.0. The van der Waals surface area contributed by atoms with Gasteiger partial charge in [-0.2, -0.15) is 0 Å². The highest BCUT2D eigenvalue weighted by atomic mass is 31.2. The number of nitrogens with one attached hydrogen (secondary N) is 1. The van der Waals surface area contributed by atoms with Gasteiger partial charge in [-0.15, -0.1) is 0 Å². The van der Waals surface area contributed by atoms with Gasteiger partial charge in [-0.3, -0.25) is 9.36 Å². The number of aliphatic hydroxyl groups excluding tert-OH is 1. The summed E-state index contributed by atoms with van der Waals surface area (Å²) in [5, 5.41) is 13.9. The third-order valence-electron chi connectivity index (χ3n) is 16.2. The maximum Gasteiger partial charge on any atom is 0.268 e. The minimum absolute atomic E-state index is 0.00206. The Kier molecular flexibility index (Phi) is 59.8. The molecule has 3 unspecified atom stereocenters.